The van der Waals surface area contributed by atoms with Crippen LogP contribution < -0.4 is 0 Å². The normalized spacial score (nSPS) is 23.4. The maximum atomic E-state index is 13.2. The zero-order chi connectivity index (χ0) is 24.4. The highest BCUT2D eigenvalue weighted by atomic mass is 16.5. The molecular formula is C23H20O10. The maximum absolute atomic E-state index is 13.2. The van der Waals surface area contributed by atoms with Gasteiger partial charge in [0.25, 0.3) is 0 Å². The molecule has 10 nitrogen and oxygen atoms in total. The molecule has 3 atom stereocenters. The van der Waals surface area contributed by atoms with Crippen LogP contribution in [-0.2, 0) is 14.3 Å². The van der Waals surface area contributed by atoms with E-state index in [9.17, 15) is 44.7 Å². The average Bonchev–Trinajstić information content (AvgIpc) is 2.72. The maximum Gasteiger partial charge on any atom is 0.316 e. The molecule has 2 aliphatic carbocycles. The number of ether oxygens (including phenoxy) is 1. The molecule has 0 saturated carbocycles. The molecule has 10 heteroatoms. The Bertz CT molecular complexity index is 1260. The number of Topliss-reactive ketones (excluding diaryl/α,β-unsaturated/α-hetero) is 1. The fraction of sp³-hybridized carbons (Fsp3) is 0.304. The Kier molecular flexibility index (Phi) is 5.03. The van der Waals surface area contributed by atoms with Crippen molar-refractivity contribution in [2.24, 2.45) is 0 Å². The lowest BCUT2D eigenvalue weighted by Gasteiger charge is -2.42. The monoisotopic (exact) mass is 456 g/mol. The minimum Gasteiger partial charge on any atom is -0.507 e. The average molecular weight is 456 g/mol. The number of methoxy groups -OCH3 is 1. The molecule has 2 aromatic rings. The smallest absolute Gasteiger partial charge is 0.316 e. The van der Waals surface area contributed by atoms with Crippen LogP contribution in [-0.4, -0.2) is 61.6 Å². The Hall–Kier alpha value is -3.76. The van der Waals surface area contributed by atoms with E-state index >= 15 is 0 Å². The van der Waals surface area contributed by atoms with Crippen molar-refractivity contribution < 1.29 is 49.4 Å². The van der Waals surface area contributed by atoms with Crippen LogP contribution in [0.5, 0.6) is 17.2 Å². The van der Waals surface area contributed by atoms with Crippen molar-refractivity contribution in [3.8, 4) is 17.2 Å². The summed E-state index contributed by atoms with van der Waals surface area (Å²) in [5.41, 5.74) is -5.09. The van der Waals surface area contributed by atoms with Crippen LogP contribution in [0.4, 0.5) is 0 Å². The van der Waals surface area contributed by atoms with Gasteiger partial charge in [0, 0.05) is 29.5 Å². The lowest BCUT2D eigenvalue weighted by molar-refractivity contribution is -0.154. The summed E-state index contributed by atoms with van der Waals surface area (Å²) in [4.78, 5) is 50.8. The number of benzene rings is 2. The molecule has 0 unspecified atom stereocenters. The lowest BCUT2D eigenvalue weighted by Crippen LogP contribution is -2.47. The number of esters is 1. The van der Waals surface area contributed by atoms with Gasteiger partial charge in [0.15, 0.2) is 5.78 Å². The van der Waals surface area contributed by atoms with Crippen LogP contribution in [0.15, 0.2) is 18.2 Å². The van der Waals surface area contributed by atoms with E-state index in [0.717, 1.165) is 14.0 Å². The molecule has 2 aliphatic rings. The van der Waals surface area contributed by atoms with Crippen LogP contribution in [0, 0.1) is 0 Å². The van der Waals surface area contributed by atoms with E-state index in [4.69, 9.17) is 4.74 Å². The molecule has 0 saturated heterocycles. The first kappa shape index (κ1) is 22.4. The molecule has 0 bridgehead atoms. The Balaban J connectivity index is 2.09. The highest BCUT2D eigenvalue weighted by Crippen LogP contribution is 2.56. The Morgan fingerprint density at radius 1 is 1.03 bits per heavy atom. The SMILES string of the molecule is COC(=O)[C@@H]1c2c(O)c3c(c(O)c2[C@@H](O)C[C@]1(O)CC(C)=O)C(=O)c1c(O)cccc1C3=O. The molecule has 4 rings (SSSR count). The number of aliphatic hydroxyl groups is 2. The largest absolute Gasteiger partial charge is 0.507 e. The summed E-state index contributed by atoms with van der Waals surface area (Å²) in [6.07, 6.45) is -2.91. The molecule has 5 N–H and O–H groups in total. The predicted molar refractivity (Wildman–Crippen MR) is 109 cm³/mol. The topological polar surface area (TPSA) is 179 Å². The van der Waals surface area contributed by atoms with Gasteiger partial charge < -0.3 is 30.3 Å². The molecule has 0 heterocycles. The molecule has 0 spiro atoms. The van der Waals surface area contributed by atoms with Gasteiger partial charge in [-0.15, -0.1) is 0 Å². The minimum absolute atomic E-state index is 0.243. The van der Waals surface area contributed by atoms with Crippen molar-refractivity contribution in [1.82, 2.24) is 0 Å². The fourth-order valence-corrected chi connectivity index (χ4v) is 4.94. The number of phenolic OH excluding ortho intramolecular Hbond substituents is 3. The third-order valence-corrected chi connectivity index (χ3v) is 6.19. The Morgan fingerprint density at radius 2 is 1.64 bits per heavy atom. The molecule has 2 aromatic carbocycles. The van der Waals surface area contributed by atoms with Crippen molar-refractivity contribution in [2.45, 2.75) is 37.4 Å². The third-order valence-electron chi connectivity index (χ3n) is 6.19. The van der Waals surface area contributed by atoms with Gasteiger partial charge in [-0.1, -0.05) is 12.1 Å². The summed E-state index contributed by atoms with van der Waals surface area (Å²) in [6, 6.07) is 3.73. The molecule has 0 aromatic heterocycles. The predicted octanol–water partition coefficient (Wildman–Crippen LogP) is 0.983. The molecule has 0 aliphatic heterocycles. The molecule has 172 valence electrons. The van der Waals surface area contributed by atoms with Gasteiger partial charge in [-0.3, -0.25) is 19.2 Å². The number of carbonyl (C=O) groups excluding carboxylic acids is 4. The van der Waals surface area contributed by atoms with Crippen LogP contribution >= 0.6 is 0 Å². The number of rotatable bonds is 3. The van der Waals surface area contributed by atoms with Crippen LogP contribution in [0.3, 0.4) is 0 Å². The Labute approximate surface area is 186 Å². The number of phenols is 3. The second-order valence-electron chi connectivity index (χ2n) is 8.29. The second-order valence-corrected chi connectivity index (χ2v) is 8.29. The standard InChI is InChI=1S/C23H20O10/c1-8(24)6-23(32)7-11(26)13-14(17(23)22(31)33-2)21(30)15-16(20(13)29)19(28)12-9(18(15)27)4-3-5-10(12)25/h3-5,11,17,25-26,29-30,32H,6-7H2,1-2H3/t11-,17-,23+/m0/s1. The van der Waals surface area contributed by atoms with E-state index < -0.39 is 93.3 Å². The third kappa shape index (κ3) is 3.02. The number of aliphatic hydroxyl groups excluding tert-OH is 1. The van der Waals surface area contributed by atoms with Gasteiger partial charge in [-0.2, -0.15) is 0 Å². The summed E-state index contributed by atoms with van der Waals surface area (Å²) in [6.45, 7) is 1.16. The number of carbonyl (C=O) groups is 4. The van der Waals surface area contributed by atoms with Crippen molar-refractivity contribution in [3.05, 3.63) is 51.6 Å². The molecule has 33 heavy (non-hydrogen) atoms. The fourth-order valence-electron chi connectivity index (χ4n) is 4.94. The first-order valence-electron chi connectivity index (χ1n) is 9.95. The summed E-state index contributed by atoms with van der Waals surface area (Å²) in [7, 11) is 1.00. The highest BCUT2D eigenvalue weighted by molar-refractivity contribution is 6.31. The summed E-state index contributed by atoms with van der Waals surface area (Å²) < 4.78 is 4.75. The number of ketones is 3. The highest BCUT2D eigenvalue weighted by Gasteiger charge is 2.54. The van der Waals surface area contributed by atoms with E-state index in [0.29, 0.717) is 0 Å². The summed E-state index contributed by atoms with van der Waals surface area (Å²) in [5.74, 6) is -7.58. The first-order valence-corrected chi connectivity index (χ1v) is 9.95. The van der Waals surface area contributed by atoms with Gasteiger partial charge in [-0.05, 0) is 13.0 Å². The summed E-state index contributed by atoms with van der Waals surface area (Å²) >= 11 is 0. The van der Waals surface area contributed by atoms with E-state index in [-0.39, 0.29) is 11.1 Å². The van der Waals surface area contributed by atoms with Gasteiger partial charge in [0.05, 0.1) is 35.5 Å². The van der Waals surface area contributed by atoms with Gasteiger partial charge in [0.2, 0.25) is 5.78 Å². The van der Waals surface area contributed by atoms with E-state index in [2.05, 4.69) is 0 Å². The van der Waals surface area contributed by atoms with Crippen molar-refractivity contribution >= 4 is 23.3 Å². The van der Waals surface area contributed by atoms with Gasteiger partial charge >= 0.3 is 5.97 Å². The van der Waals surface area contributed by atoms with Gasteiger partial charge in [0.1, 0.15) is 28.9 Å². The first-order chi connectivity index (χ1) is 15.4. The van der Waals surface area contributed by atoms with Crippen LogP contribution in [0.25, 0.3) is 0 Å². The number of aromatic hydroxyl groups is 3. The molecule has 0 amide bonds. The van der Waals surface area contributed by atoms with E-state index in [1.807, 2.05) is 0 Å². The molecular weight excluding hydrogens is 436 g/mol. The van der Waals surface area contributed by atoms with Crippen molar-refractivity contribution in [3.63, 3.8) is 0 Å². The molecule has 0 fully saturated rings. The zero-order valence-electron chi connectivity index (χ0n) is 17.6. The lowest BCUT2D eigenvalue weighted by atomic mass is 9.66. The number of hydrogen-bond donors (Lipinski definition) is 5. The number of fused-ring (bicyclic) bond motifs is 3. The Morgan fingerprint density at radius 3 is 2.24 bits per heavy atom. The second kappa shape index (κ2) is 7.39. The molecule has 0 radical (unpaired) electrons. The van der Waals surface area contributed by atoms with Crippen molar-refractivity contribution in [2.75, 3.05) is 7.11 Å². The zero-order valence-corrected chi connectivity index (χ0v) is 17.6. The van der Waals surface area contributed by atoms with E-state index in [1.165, 1.54) is 18.2 Å². The van der Waals surface area contributed by atoms with Crippen LogP contribution in [0.1, 0.15) is 74.8 Å². The number of hydrogen-bond acceptors (Lipinski definition) is 10. The van der Waals surface area contributed by atoms with Crippen molar-refractivity contribution in [1.29, 1.82) is 0 Å². The van der Waals surface area contributed by atoms with Gasteiger partial charge in [-0.25, -0.2) is 0 Å². The van der Waals surface area contributed by atoms with Crippen LogP contribution in [0.2, 0.25) is 0 Å². The quantitative estimate of drug-likeness (QED) is 0.282. The van der Waals surface area contributed by atoms with E-state index in [1.54, 1.807) is 0 Å². The minimum atomic E-state index is -2.21. The summed E-state index contributed by atoms with van der Waals surface area (Å²) in [5, 5.41) is 54.2.